The first-order valence-corrected chi connectivity index (χ1v) is 8.21. The van der Waals surface area contributed by atoms with E-state index in [1.807, 2.05) is 0 Å². The molecule has 1 aromatic carbocycles. The van der Waals surface area contributed by atoms with Crippen LogP contribution in [0.1, 0.15) is 18.0 Å². The van der Waals surface area contributed by atoms with Crippen LogP contribution in [0.4, 0.5) is 13.2 Å². The molecule has 0 amide bonds. The molecule has 0 radical (unpaired) electrons. The molecule has 2 unspecified atom stereocenters. The van der Waals surface area contributed by atoms with Gasteiger partial charge in [-0.15, -0.1) is 0 Å². The van der Waals surface area contributed by atoms with Crippen molar-refractivity contribution < 1.29 is 31.4 Å². The van der Waals surface area contributed by atoms with E-state index in [9.17, 15) is 26.7 Å². The number of methoxy groups -OCH3 is 1. The van der Waals surface area contributed by atoms with Gasteiger partial charge in [-0.2, -0.15) is 30.6 Å². The van der Waals surface area contributed by atoms with Crippen LogP contribution in [0.15, 0.2) is 24.3 Å². The van der Waals surface area contributed by atoms with Crippen molar-refractivity contribution >= 4 is 10.2 Å². The summed E-state index contributed by atoms with van der Waals surface area (Å²) < 4.78 is 68.5. The molecule has 130 valence electrons. The van der Waals surface area contributed by atoms with Gasteiger partial charge >= 0.3 is 6.18 Å². The summed E-state index contributed by atoms with van der Waals surface area (Å²) >= 11 is 0. The van der Waals surface area contributed by atoms with Crippen molar-refractivity contribution in [1.29, 1.82) is 0 Å². The smallest absolute Gasteiger partial charge is 0.402 e. The summed E-state index contributed by atoms with van der Waals surface area (Å²) in [5.74, 6) is 0.490. The third-order valence-corrected chi connectivity index (χ3v) is 5.01. The monoisotopic (exact) mass is 354 g/mol. The SMILES string of the molecule is COc1cccc(C2CC(O)CN2S(=O)(=O)NCC(F)(F)F)c1. The molecule has 0 spiro atoms. The highest BCUT2D eigenvalue weighted by atomic mass is 32.2. The fourth-order valence-electron chi connectivity index (χ4n) is 2.46. The molecule has 2 atom stereocenters. The zero-order valence-corrected chi connectivity index (χ0v) is 13.1. The minimum absolute atomic E-state index is 0.0973. The molecule has 1 aromatic rings. The van der Waals surface area contributed by atoms with Crippen LogP contribution in [0.3, 0.4) is 0 Å². The van der Waals surface area contributed by atoms with Gasteiger partial charge < -0.3 is 9.84 Å². The van der Waals surface area contributed by atoms with Gasteiger partial charge in [-0.05, 0) is 24.1 Å². The number of aliphatic hydroxyl groups excluding tert-OH is 1. The topological polar surface area (TPSA) is 78.9 Å². The summed E-state index contributed by atoms with van der Waals surface area (Å²) in [4.78, 5) is 0. The van der Waals surface area contributed by atoms with Crippen molar-refractivity contribution in [1.82, 2.24) is 9.03 Å². The molecule has 0 aliphatic carbocycles. The van der Waals surface area contributed by atoms with Crippen LogP contribution in [0, 0.1) is 0 Å². The zero-order chi connectivity index (χ0) is 17.3. The van der Waals surface area contributed by atoms with Crippen LogP contribution in [0.25, 0.3) is 0 Å². The molecule has 10 heteroatoms. The number of hydrogen-bond donors (Lipinski definition) is 2. The average Bonchev–Trinajstić information content (AvgIpc) is 2.88. The highest BCUT2D eigenvalue weighted by molar-refractivity contribution is 7.87. The molecule has 0 bridgehead atoms. The summed E-state index contributed by atoms with van der Waals surface area (Å²) in [6.07, 6.45) is -5.51. The van der Waals surface area contributed by atoms with E-state index in [4.69, 9.17) is 4.74 Å². The molecule has 2 rings (SSSR count). The van der Waals surface area contributed by atoms with Crippen molar-refractivity contribution in [2.24, 2.45) is 0 Å². The molecule has 1 heterocycles. The van der Waals surface area contributed by atoms with E-state index in [1.165, 1.54) is 11.8 Å². The first-order chi connectivity index (χ1) is 10.6. The molecule has 0 aromatic heterocycles. The third kappa shape index (κ3) is 4.56. The minimum Gasteiger partial charge on any atom is -0.497 e. The predicted molar refractivity (Wildman–Crippen MR) is 76.0 cm³/mol. The lowest BCUT2D eigenvalue weighted by molar-refractivity contribution is -0.121. The fraction of sp³-hybridized carbons (Fsp3) is 0.538. The van der Waals surface area contributed by atoms with Crippen LogP contribution in [-0.4, -0.2) is 50.3 Å². The highest BCUT2D eigenvalue weighted by Gasteiger charge is 2.41. The van der Waals surface area contributed by atoms with E-state index in [0.717, 1.165) is 4.31 Å². The first-order valence-electron chi connectivity index (χ1n) is 6.77. The van der Waals surface area contributed by atoms with Crippen molar-refractivity contribution in [3.05, 3.63) is 29.8 Å². The number of halogens is 3. The van der Waals surface area contributed by atoms with E-state index in [2.05, 4.69) is 0 Å². The first kappa shape index (κ1) is 18.0. The van der Waals surface area contributed by atoms with Gasteiger partial charge in [0.15, 0.2) is 0 Å². The van der Waals surface area contributed by atoms with Gasteiger partial charge in [0.05, 0.1) is 19.3 Å². The maximum Gasteiger partial charge on any atom is 0.402 e. The largest absolute Gasteiger partial charge is 0.497 e. The molecule has 6 nitrogen and oxygen atoms in total. The van der Waals surface area contributed by atoms with Crippen LogP contribution < -0.4 is 9.46 Å². The number of nitrogens with zero attached hydrogens (tertiary/aromatic N) is 1. The molecule has 23 heavy (non-hydrogen) atoms. The van der Waals surface area contributed by atoms with Crippen LogP contribution in [-0.2, 0) is 10.2 Å². The van der Waals surface area contributed by atoms with Crippen molar-refractivity contribution in [3.8, 4) is 5.75 Å². The lowest BCUT2D eigenvalue weighted by atomic mass is 10.0. The second kappa shape index (κ2) is 6.63. The van der Waals surface area contributed by atoms with Gasteiger partial charge in [-0.3, -0.25) is 0 Å². The number of hydrogen-bond acceptors (Lipinski definition) is 4. The normalized spacial score (nSPS) is 23.2. The maximum absolute atomic E-state index is 12.3. The van der Waals surface area contributed by atoms with Gasteiger partial charge in [0.2, 0.25) is 0 Å². The van der Waals surface area contributed by atoms with E-state index in [1.54, 1.807) is 24.3 Å². The Bertz CT molecular complexity index is 651. The Balaban J connectivity index is 2.25. The summed E-state index contributed by atoms with van der Waals surface area (Å²) in [6, 6.07) is 5.78. The van der Waals surface area contributed by atoms with Crippen molar-refractivity contribution in [2.75, 3.05) is 20.2 Å². The lowest BCUT2D eigenvalue weighted by Crippen LogP contribution is -2.44. The van der Waals surface area contributed by atoms with E-state index in [0.29, 0.717) is 11.3 Å². The second-order valence-corrected chi connectivity index (χ2v) is 6.90. The van der Waals surface area contributed by atoms with E-state index >= 15 is 0 Å². The number of β-amino-alcohol motifs (C(OH)–C–C–N with tert-alkyl or cyclic N) is 1. The Morgan fingerprint density at radius 1 is 1.43 bits per heavy atom. The maximum atomic E-state index is 12.3. The summed E-state index contributed by atoms with van der Waals surface area (Å²) in [5.41, 5.74) is 0.540. The van der Waals surface area contributed by atoms with Gasteiger partial charge in [-0.25, -0.2) is 0 Å². The van der Waals surface area contributed by atoms with Crippen LogP contribution in [0.5, 0.6) is 5.75 Å². The third-order valence-electron chi connectivity index (χ3n) is 3.48. The number of aliphatic hydroxyl groups is 1. The van der Waals surface area contributed by atoms with Gasteiger partial charge in [-0.1, -0.05) is 12.1 Å². The average molecular weight is 354 g/mol. The Hall–Kier alpha value is -1.36. The molecular weight excluding hydrogens is 337 g/mol. The number of rotatable bonds is 5. The molecule has 1 aliphatic rings. The molecule has 1 aliphatic heterocycles. The highest BCUT2D eigenvalue weighted by Crippen LogP contribution is 2.35. The number of nitrogens with one attached hydrogen (secondary N) is 1. The van der Waals surface area contributed by atoms with E-state index in [-0.39, 0.29) is 13.0 Å². The Kier molecular flexibility index (Phi) is 5.19. The van der Waals surface area contributed by atoms with Gasteiger partial charge in [0.1, 0.15) is 12.3 Å². The summed E-state index contributed by atoms with van der Waals surface area (Å²) in [6.45, 7) is -1.93. The van der Waals surface area contributed by atoms with E-state index < -0.39 is 35.1 Å². The Morgan fingerprint density at radius 3 is 2.74 bits per heavy atom. The molecule has 2 N–H and O–H groups in total. The number of ether oxygens (including phenoxy) is 1. The molecule has 1 saturated heterocycles. The van der Waals surface area contributed by atoms with Crippen LogP contribution >= 0.6 is 0 Å². The molecule has 1 fully saturated rings. The number of benzene rings is 1. The van der Waals surface area contributed by atoms with Crippen LogP contribution in [0.2, 0.25) is 0 Å². The van der Waals surface area contributed by atoms with Crippen molar-refractivity contribution in [2.45, 2.75) is 24.7 Å². The zero-order valence-electron chi connectivity index (χ0n) is 12.2. The Morgan fingerprint density at radius 2 is 2.13 bits per heavy atom. The minimum atomic E-state index is -4.66. The van der Waals surface area contributed by atoms with Gasteiger partial charge in [0.25, 0.3) is 10.2 Å². The summed E-state index contributed by atoms with van der Waals surface area (Å²) in [7, 11) is -2.93. The Labute approximate surface area is 132 Å². The quantitative estimate of drug-likeness (QED) is 0.833. The molecule has 0 saturated carbocycles. The van der Waals surface area contributed by atoms with Crippen molar-refractivity contribution in [3.63, 3.8) is 0 Å². The second-order valence-electron chi connectivity index (χ2n) is 5.19. The van der Waals surface area contributed by atoms with Gasteiger partial charge in [0, 0.05) is 6.54 Å². The fourth-order valence-corrected chi connectivity index (χ4v) is 3.88. The lowest BCUT2D eigenvalue weighted by Gasteiger charge is -2.24. The summed E-state index contributed by atoms with van der Waals surface area (Å²) in [5, 5.41) is 9.76. The standard InChI is InChI=1S/C13H17F3N2O4S/c1-22-11-4-2-3-9(5-11)12-6-10(19)7-18(12)23(20,21)17-8-13(14,15)16/h2-5,10,12,17,19H,6-8H2,1H3. The molecular formula is C13H17F3N2O4S. The predicted octanol–water partition coefficient (Wildman–Crippen LogP) is 1.20. The number of alkyl halides is 3.